The van der Waals surface area contributed by atoms with Crippen LogP contribution in [0.3, 0.4) is 0 Å². The summed E-state index contributed by atoms with van der Waals surface area (Å²) in [6.07, 6.45) is 3.00. The van der Waals surface area contributed by atoms with Crippen LogP contribution >= 0.6 is 0 Å². The molecule has 0 fully saturated rings. The molecule has 8 nitrogen and oxygen atoms in total. The fraction of sp³-hybridized carbons (Fsp3) is 0. The molecule has 4 aromatic rings. The average molecular weight is 556 g/mol. The summed E-state index contributed by atoms with van der Waals surface area (Å²) in [5, 5.41) is 22.2. The van der Waals surface area contributed by atoms with Gasteiger partial charge in [0.2, 0.25) is 34.8 Å². The van der Waals surface area contributed by atoms with E-state index in [1.165, 1.54) is 36.4 Å². The van der Waals surface area contributed by atoms with Crippen molar-refractivity contribution in [3.8, 4) is 16.9 Å². The Morgan fingerprint density at radius 2 is 1.20 bits per heavy atom. The van der Waals surface area contributed by atoms with E-state index < -0.39 is 62.0 Å². The number of hydrogen-bond acceptors (Lipinski definition) is 6. The van der Waals surface area contributed by atoms with E-state index in [1.807, 2.05) is 0 Å². The maximum atomic E-state index is 13.8. The van der Waals surface area contributed by atoms with Gasteiger partial charge in [0, 0.05) is 6.07 Å². The first-order chi connectivity index (χ1) is 19.0. The zero-order valence-corrected chi connectivity index (χ0v) is 19.7. The average Bonchev–Trinajstić information content (AvgIpc) is 2.96. The first kappa shape index (κ1) is 27.6. The SMILES string of the molecule is O=C(Oc1c(F)c(F)c(F)c(F)c1F)c1ccc(-c2ccc(/C=C/c3ccc([N+](=O)[O-])cc3[N+](=O)[O-])cc2)cc1. The van der Waals surface area contributed by atoms with Crippen LogP contribution in [0.2, 0.25) is 0 Å². The molecule has 0 aliphatic heterocycles. The summed E-state index contributed by atoms with van der Waals surface area (Å²) in [6, 6.07) is 15.4. The molecule has 0 N–H and O–H groups in total. The van der Waals surface area contributed by atoms with Gasteiger partial charge in [0.05, 0.1) is 27.0 Å². The van der Waals surface area contributed by atoms with Crippen LogP contribution in [0.25, 0.3) is 23.3 Å². The lowest BCUT2D eigenvalue weighted by molar-refractivity contribution is -0.394. The van der Waals surface area contributed by atoms with Gasteiger partial charge in [0.15, 0.2) is 0 Å². The van der Waals surface area contributed by atoms with Gasteiger partial charge in [0.1, 0.15) is 0 Å². The maximum Gasteiger partial charge on any atom is 0.343 e. The number of halogens is 5. The second-order valence-corrected chi connectivity index (χ2v) is 8.08. The Labute approximate surface area is 220 Å². The van der Waals surface area contributed by atoms with Gasteiger partial charge in [-0.1, -0.05) is 42.5 Å². The summed E-state index contributed by atoms with van der Waals surface area (Å²) < 4.78 is 71.9. The number of non-ortho nitro benzene ring substituents is 1. The minimum Gasteiger partial charge on any atom is -0.416 e. The molecule has 0 amide bonds. The van der Waals surface area contributed by atoms with Gasteiger partial charge in [-0.3, -0.25) is 20.2 Å². The van der Waals surface area contributed by atoms with Crippen molar-refractivity contribution in [2.75, 3.05) is 0 Å². The largest absolute Gasteiger partial charge is 0.416 e. The Bertz CT molecular complexity index is 1660. The highest BCUT2D eigenvalue weighted by Crippen LogP contribution is 2.30. The topological polar surface area (TPSA) is 113 Å². The van der Waals surface area contributed by atoms with Gasteiger partial charge in [-0.05, 0) is 41.0 Å². The quantitative estimate of drug-likeness (QED) is 0.0346. The molecule has 0 spiro atoms. The van der Waals surface area contributed by atoms with Gasteiger partial charge in [0.25, 0.3) is 11.4 Å². The summed E-state index contributed by atoms with van der Waals surface area (Å²) in [5.74, 6) is -14.5. The van der Waals surface area contributed by atoms with Crippen LogP contribution in [-0.2, 0) is 0 Å². The molecule has 40 heavy (non-hydrogen) atoms. The molecule has 0 aliphatic carbocycles. The zero-order valence-electron chi connectivity index (χ0n) is 19.7. The molecular formula is C27H13F5N2O6. The van der Waals surface area contributed by atoms with Crippen molar-refractivity contribution in [1.29, 1.82) is 0 Å². The van der Waals surface area contributed by atoms with E-state index in [0.717, 1.165) is 12.1 Å². The molecule has 4 rings (SSSR count). The van der Waals surface area contributed by atoms with Crippen LogP contribution < -0.4 is 4.74 Å². The Morgan fingerprint density at radius 3 is 1.73 bits per heavy atom. The van der Waals surface area contributed by atoms with Gasteiger partial charge < -0.3 is 4.74 Å². The predicted molar refractivity (Wildman–Crippen MR) is 132 cm³/mol. The van der Waals surface area contributed by atoms with Crippen molar-refractivity contribution in [2.45, 2.75) is 0 Å². The lowest BCUT2D eigenvalue weighted by atomic mass is 10.0. The Balaban J connectivity index is 1.49. The third kappa shape index (κ3) is 5.53. The molecule has 0 aliphatic rings. The summed E-state index contributed by atoms with van der Waals surface area (Å²) in [4.78, 5) is 32.9. The van der Waals surface area contributed by atoms with Crippen LogP contribution in [0.15, 0.2) is 66.7 Å². The number of benzene rings is 4. The van der Waals surface area contributed by atoms with Crippen LogP contribution in [-0.4, -0.2) is 15.8 Å². The second kappa shape index (κ2) is 11.1. The molecule has 0 heterocycles. The van der Waals surface area contributed by atoms with Gasteiger partial charge >= 0.3 is 5.97 Å². The molecule has 0 saturated carbocycles. The number of carbonyl (C=O) groups is 1. The summed E-state index contributed by atoms with van der Waals surface area (Å²) in [7, 11) is 0. The molecule has 0 saturated heterocycles. The minimum atomic E-state index is -2.38. The normalized spacial score (nSPS) is 11.0. The van der Waals surface area contributed by atoms with Crippen molar-refractivity contribution in [3.05, 3.63) is 133 Å². The lowest BCUT2D eigenvalue weighted by Crippen LogP contribution is -2.13. The summed E-state index contributed by atoms with van der Waals surface area (Å²) in [5.41, 5.74) is 0.989. The van der Waals surface area contributed by atoms with Gasteiger partial charge in [-0.2, -0.15) is 8.78 Å². The number of hydrogen-bond donors (Lipinski definition) is 0. The number of ether oxygens (including phenoxy) is 1. The zero-order chi connectivity index (χ0) is 29.1. The van der Waals surface area contributed by atoms with Crippen molar-refractivity contribution in [3.63, 3.8) is 0 Å². The molecule has 0 radical (unpaired) electrons. The van der Waals surface area contributed by atoms with E-state index in [2.05, 4.69) is 4.74 Å². The third-order valence-electron chi connectivity index (χ3n) is 5.61. The lowest BCUT2D eigenvalue weighted by Gasteiger charge is -2.09. The second-order valence-electron chi connectivity index (χ2n) is 8.08. The highest BCUT2D eigenvalue weighted by molar-refractivity contribution is 5.91. The molecule has 13 heteroatoms. The number of esters is 1. The van der Waals surface area contributed by atoms with E-state index in [0.29, 0.717) is 16.7 Å². The van der Waals surface area contributed by atoms with E-state index in [-0.39, 0.29) is 11.1 Å². The number of rotatable bonds is 7. The van der Waals surface area contributed by atoms with Crippen molar-refractivity contribution in [1.82, 2.24) is 0 Å². The molecule has 202 valence electrons. The van der Waals surface area contributed by atoms with Gasteiger partial charge in [-0.25, -0.2) is 18.0 Å². The van der Waals surface area contributed by atoms with E-state index in [4.69, 9.17) is 0 Å². The molecule has 0 aromatic heterocycles. The number of nitro benzene ring substituents is 2. The molecule has 0 unspecified atom stereocenters. The van der Waals surface area contributed by atoms with Crippen molar-refractivity contribution < 1.29 is 41.3 Å². The highest BCUT2D eigenvalue weighted by Gasteiger charge is 2.29. The van der Waals surface area contributed by atoms with Crippen LogP contribution in [0.1, 0.15) is 21.5 Å². The van der Waals surface area contributed by atoms with E-state index in [1.54, 1.807) is 30.3 Å². The van der Waals surface area contributed by atoms with Crippen LogP contribution in [0, 0.1) is 49.3 Å². The predicted octanol–water partition coefficient (Wildman–Crippen LogP) is 7.26. The number of nitrogens with zero attached hydrogens (tertiary/aromatic N) is 2. The van der Waals surface area contributed by atoms with E-state index in [9.17, 15) is 47.0 Å². The molecular weight excluding hydrogens is 543 g/mol. The fourth-order valence-electron chi connectivity index (χ4n) is 3.54. The third-order valence-corrected chi connectivity index (χ3v) is 5.61. The molecule has 4 aromatic carbocycles. The monoisotopic (exact) mass is 556 g/mol. The number of carbonyl (C=O) groups excluding carboxylic acids is 1. The van der Waals surface area contributed by atoms with Gasteiger partial charge in [-0.15, -0.1) is 0 Å². The maximum absolute atomic E-state index is 13.8. The Kier molecular flexibility index (Phi) is 7.66. The molecule has 0 bridgehead atoms. The van der Waals surface area contributed by atoms with Crippen LogP contribution in [0.4, 0.5) is 33.3 Å². The summed E-state index contributed by atoms with van der Waals surface area (Å²) >= 11 is 0. The standard InChI is InChI=1S/C27H13F5N2O6/c28-21-22(29)24(31)26(25(32)23(21)30)40-27(35)18-9-7-16(8-10-18)15-4-1-14(2-5-15)3-6-17-11-12-19(33(36)37)13-20(17)34(38)39/h1-13H/b6-3+. The smallest absolute Gasteiger partial charge is 0.343 e. The van der Waals surface area contributed by atoms with Crippen molar-refractivity contribution >= 4 is 29.5 Å². The molecule has 0 atom stereocenters. The fourth-order valence-corrected chi connectivity index (χ4v) is 3.54. The first-order valence-electron chi connectivity index (χ1n) is 11.0. The Hall–Kier alpha value is -5.46. The van der Waals surface area contributed by atoms with Crippen LogP contribution in [0.5, 0.6) is 5.75 Å². The Morgan fingerprint density at radius 1 is 0.675 bits per heavy atom. The minimum absolute atomic E-state index is 0.160. The number of nitro groups is 2. The highest BCUT2D eigenvalue weighted by atomic mass is 19.2. The summed E-state index contributed by atoms with van der Waals surface area (Å²) in [6.45, 7) is 0. The van der Waals surface area contributed by atoms with Crippen molar-refractivity contribution in [2.24, 2.45) is 0 Å². The van der Waals surface area contributed by atoms with E-state index >= 15 is 0 Å². The first-order valence-corrected chi connectivity index (χ1v) is 11.0.